The molecule has 1 aromatic carbocycles. The second-order valence-corrected chi connectivity index (χ2v) is 5.77. The van der Waals surface area contributed by atoms with E-state index in [-0.39, 0.29) is 18.1 Å². The van der Waals surface area contributed by atoms with Crippen molar-refractivity contribution in [2.75, 3.05) is 13.2 Å². The van der Waals surface area contributed by atoms with Crippen LogP contribution in [0.25, 0.3) is 0 Å². The smallest absolute Gasteiger partial charge is 0.0499 e. The first-order valence-corrected chi connectivity index (χ1v) is 6.61. The molecule has 1 unspecified atom stereocenters. The lowest BCUT2D eigenvalue weighted by Crippen LogP contribution is -2.28. The largest absolute Gasteiger partial charge is 0.396 e. The lowest BCUT2D eigenvalue weighted by atomic mass is 10.1. The molecule has 0 aliphatic heterocycles. The van der Waals surface area contributed by atoms with Crippen LogP contribution in [0.4, 0.5) is 0 Å². The summed E-state index contributed by atoms with van der Waals surface area (Å²) < 4.78 is 0. The molecule has 1 aliphatic rings. The minimum atomic E-state index is 0.110. The Bertz CT molecular complexity index is 404. The van der Waals surface area contributed by atoms with Crippen molar-refractivity contribution in [1.82, 2.24) is 5.32 Å². The Balaban J connectivity index is 1.99. The van der Waals surface area contributed by atoms with Gasteiger partial charge in [0.05, 0.1) is 0 Å². The first kappa shape index (κ1) is 13.2. The van der Waals surface area contributed by atoms with Gasteiger partial charge < -0.3 is 10.4 Å². The van der Waals surface area contributed by atoms with Crippen LogP contribution >= 0.6 is 23.2 Å². The van der Waals surface area contributed by atoms with Crippen LogP contribution in [0.15, 0.2) is 18.2 Å². The summed E-state index contributed by atoms with van der Waals surface area (Å²) in [5.41, 5.74) is 1.12. The number of aliphatic hydroxyl groups is 1. The Morgan fingerprint density at radius 2 is 2.12 bits per heavy atom. The summed E-state index contributed by atoms with van der Waals surface area (Å²) in [7, 11) is 0. The molecule has 17 heavy (non-hydrogen) atoms. The van der Waals surface area contributed by atoms with Gasteiger partial charge in [0.25, 0.3) is 0 Å². The summed E-state index contributed by atoms with van der Waals surface area (Å²) in [6.07, 6.45) is 2.21. The highest BCUT2D eigenvalue weighted by molar-refractivity contribution is 6.33. The van der Waals surface area contributed by atoms with Crippen LogP contribution in [0, 0.1) is 5.41 Å². The zero-order chi connectivity index (χ0) is 12.5. The predicted octanol–water partition coefficient (Wildman–Crippen LogP) is 3.42. The molecule has 0 spiro atoms. The maximum Gasteiger partial charge on any atom is 0.0499 e. The van der Waals surface area contributed by atoms with Gasteiger partial charge in [-0.2, -0.15) is 0 Å². The number of nitrogens with one attached hydrogen (secondary N) is 1. The molecule has 1 aromatic rings. The van der Waals surface area contributed by atoms with Crippen LogP contribution in [0.1, 0.15) is 31.4 Å². The van der Waals surface area contributed by atoms with Crippen molar-refractivity contribution in [1.29, 1.82) is 0 Å². The number of rotatable bonds is 5. The summed E-state index contributed by atoms with van der Waals surface area (Å²) >= 11 is 12.1. The average Bonchev–Trinajstić information content (AvgIpc) is 3.10. The first-order valence-electron chi connectivity index (χ1n) is 5.85. The molecule has 0 heterocycles. The Kier molecular flexibility index (Phi) is 3.99. The second-order valence-electron chi connectivity index (χ2n) is 4.93. The van der Waals surface area contributed by atoms with E-state index in [2.05, 4.69) is 12.2 Å². The Labute approximate surface area is 112 Å². The van der Waals surface area contributed by atoms with Crippen molar-refractivity contribution in [2.24, 2.45) is 5.41 Å². The van der Waals surface area contributed by atoms with Gasteiger partial charge in [-0.15, -0.1) is 0 Å². The van der Waals surface area contributed by atoms with Gasteiger partial charge in [-0.3, -0.25) is 0 Å². The minimum Gasteiger partial charge on any atom is -0.396 e. The van der Waals surface area contributed by atoms with E-state index in [9.17, 15) is 5.11 Å². The molecular formula is C13H17Cl2NO. The maximum atomic E-state index is 9.25. The molecule has 1 atom stereocenters. The normalized spacial score (nSPS) is 19.1. The van der Waals surface area contributed by atoms with E-state index in [1.165, 1.54) is 0 Å². The fraction of sp³-hybridized carbons (Fsp3) is 0.538. The van der Waals surface area contributed by atoms with E-state index >= 15 is 0 Å². The molecule has 94 valence electrons. The quantitative estimate of drug-likeness (QED) is 0.862. The number of benzene rings is 1. The number of hydrogen-bond acceptors (Lipinski definition) is 2. The van der Waals surface area contributed by atoms with Crippen LogP contribution in [0.2, 0.25) is 10.0 Å². The van der Waals surface area contributed by atoms with Gasteiger partial charge in [0.15, 0.2) is 0 Å². The van der Waals surface area contributed by atoms with Gasteiger partial charge in [0.2, 0.25) is 0 Å². The van der Waals surface area contributed by atoms with Crippen molar-refractivity contribution in [2.45, 2.75) is 25.8 Å². The third kappa shape index (κ3) is 3.14. The van der Waals surface area contributed by atoms with E-state index in [1.54, 1.807) is 6.07 Å². The number of aliphatic hydroxyl groups excluding tert-OH is 1. The van der Waals surface area contributed by atoms with Crippen LogP contribution in [0.3, 0.4) is 0 Å². The molecule has 2 N–H and O–H groups in total. The highest BCUT2D eigenvalue weighted by atomic mass is 35.5. The molecule has 0 radical (unpaired) electrons. The molecule has 1 saturated carbocycles. The number of halogens is 2. The van der Waals surface area contributed by atoms with Crippen molar-refractivity contribution in [3.8, 4) is 0 Å². The summed E-state index contributed by atoms with van der Waals surface area (Å²) in [4.78, 5) is 0. The molecule has 0 bridgehead atoms. The third-order valence-corrected chi connectivity index (χ3v) is 4.08. The SMILES string of the molecule is CC(NCC1(CO)CC1)c1cc(Cl)ccc1Cl. The van der Waals surface area contributed by atoms with Crippen molar-refractivity contribution >= 4 is 23.2 Å². The highest BCUT2D eigenvalue weighted by Crippen LogP contribution is 2.44. The lowest BCUT2D eigenvalue weighted by molar-refractivity contribution is 0.204. The van der Waals surface area contributed by atoms with Gasteiger partial charge in [-0.1, -0.05) is 23.2 Å². The summed E-state index contributed by atoms with van der Waals surface area (Å²) in [6.45, 7) is 3.15. The second kappa shape index (κ2) is 5.15. The Hall–Kier alpha value is -0.280. The fourth-order valence-electron chi connectivity index (χ4n) is 1.89. The highest BCUT2D eigenvalue weighted by Gasteiger charge is 2.41. The molecule has 4 heteroatoms. The van der Waals surface area contributed by atoms with E-state index in [0.29, 0.717) is 5.02 Å². The zero-order valence-electron chi connectivity index (χ0n) is 9.84. The van der Waals surface area contributed by atoms with Gasteiger partial charge in [-0.25, -0.2) is 0 Å². The van der Waals surface area contributed by atoms with E-state index in [4.69, 9.17) is 23.2 Å². The minimum absolute atomic E-state index is 0.110. The average molecular weight is 274 g/mol. The molecule has 0 amide bonds. The molecule has 2 rings (SSSR count). The molecular weight excluding hydrogens is 257 g/mol. The Morgan fingerprint density at radius 1 is 1.41 bits per heavy atom. The standard InChI is InChI=1S/C13H17Cl2NO/c1-9(16-7-13(8-17)4-5-13)11-6-10(14)2-3-12(11)15/h2-3,6,9,16-17H,4-5,7-8H2,1H3. The Morgan fingerprint density at radius 3 is 2.71 bits per heavy atom. The monoisotopic (exact) mass is 273 g/mol. The van der Waals surface area contributed by atoms with E-state index < -0.39 is 0 Å². The summed E-state index contributed by atoms with van der Waals surface area (Å²) in [6, 6.07) is 5.64. The van der Waals surface area contributed by atoms with Gasteiger partial charge in [0.1, 0.15) is 0 Å². The van der Waals surface area contributed by atoms with Gasteiger partial charge >= 0.3 is 0 Å². The molecule has 0 saturated heterocycles. The summed E-state index contributed by atoms with van der Waals surface area (Å²) in [5.74, 6) is 0. The van der Waals surface area contributed by atoms with Crippen LogP contribution in [-0.2, 0) is 0 Å². The third-order valence-electron chi connectivity index (χ3n) is 3.50. The molecule has 2 nitrogen and oxygen atoms in total. The van der Waals surface area contributed by atoms with Gasteiger partial charge in [-0.05, 0) is 43.5 Å². The summed E-state index contributed by atoms with van der Waals surface area (Å²) in [5, 5.41) is 14.1. The molecule has 1 aliphatic carbocycles. The van der Waals surface area contributed by atoms with Crippen LogP contribution in [0.5, 0.6) is 0 Å². The topological polar surface area (TPSA) is 32.3 Å². The lowest BCUT2D eigenvalue weighted by Gasteiger charge is -2.19. The first-order chi connectivity index (χ1) is 8.06. The zero-order valence-corrected chi connectivity index (χ0v) is 11.4. The van der Waals surface area contributed by atoms with E-state index in [1.807, 2.05) is 12.1 Å². The maximum absolute atomic E-state index is 9.25. The van der Waals surface area contributed by atoms with E-state index in [0.717, 1.165) is 30.0 Å². The van der Waals surface area contributed by atoms with Crippen molar-refractivity contribution in [3.63, 3.8) is 0 Å². The predicted molar refractivity (Wildman–Crippen MR) is 71.6 cm³/mol. The van der Waals surface area contributed by atoms with Crippen LogP contribution in [-0.4, -0.2) is 18.3 Å². The molecule has 0 aromatic heterocycles. The molecule has 1 fully saturated rings. The number of hydrogen-bond donors (Lipinski definition) is 2. The fourth-order valence-corrected chi connectivity index (χ4v) is 2.36. The van der Waals surface area contributed by atoms with Crippen molar-refractivity contribution in [3.05, 3.63) is 33.8 Å². The van der Waals surface area contributed by atoms with Crippen molar-refractivity contribution < 1.29 is 5.11 Å². The van der Waals surface area contributed by atoms with Gasteiger partial charge in [0, 0.05) is 34.7 Å². The van der Waals surface area contributed by atoms with Crippen LogP contribution < -0.4 is 5.32 Å².